The van der Waals surface area contributed by atoms with Crippen LogP contribution in [0.15, 0.2) is 53.8 Å². The highest BCUT2D eigenvalue weighted by molar-refractivity contribution is 7.99. The summed E-state index contributed by atoms with van der Waals surface area (Å²) in [6.45, 7) is 3.43. The van der Waals surface area contributed by atoms with Crippen LogP contribution in [-0.2, 0) is 17.7 Å². The number of hydrogen-bond donors (Lipinski definition) is 1. The number of aromatic nitrogens is 3. The molecule has 4 aromatic rings. The third-order valence-electron chi connectivity index (χ3n) is 4.95. The second-order valence-electron chi connectivity index (χ2n) is 6.63. The number of thioether (sulfide) groups is 1. The lowest BCUT2D eigenvalue weighted by molar-refractivity contribution is 0.102. The summed E-state index contributed by atoms with van der Waals surface area (Å²) in [6.07, 6.45) is 2.77. The van der Waals surface area contributed by atoms with E-state index in [0.717, 1.165) is 39.1 Å². The Morgan fingerprint density at radius 3 is 2.89 bits per heavy atom. The monoisotopic (exact) mass is 393 g/mol. The number of para-hydroxylation sites is 3. The first-order valence-electron chi connectivity index (χ1n) is 9.42. The van der Waals surface area contributed by atoms with Crippen LogP contribution in [0.3, 0.4) is 0 Å². The van der Waals surface area contributed by atoms with Crippen molar-refractivity contribution in [1.29, 1.82) is 0 Å². The van der Waals surface area contributed by atoms with Crippen molar-refractivity contribution in [3.63, 3.8) is 0 Å². The number of Topliss-reactive ketones (excluding diaryl/α,β-unsaturated/α-hetero) is 1. The SMILES string of the molecule is CCc1cccc2c(C(=O)CSc3nc4ccccc4n3CCOC)c[nH]c12. The van der Waals surface area contributed by atoms with Gasteiger partial charge < -0.3 is 14.3 Å². The smallest absolute Gasteiger partial charge is 0.175 e. The molecule has 0 fully saturated rings. The first-order chi connectivity index (χ1) is 13.7. The van der Waals surface area contributed by atoms with Crippen molar-refractivity contribution in [3.8, 4) is 0 Å². The summed E-state index contributed by atoms with van der Waals surface area (Å²) < 4.78 is 7.37. The normalized spacial score (nSPS) is 11.5. The molecule has 0 aliphatic heterocycles. The zero-order chi connectivity index (χ0) is 19.5. The summed E-state index contributed by atoms with van der Waals surface area (Å²) in [6, 6.07) is 14.2. The van der Waals surface area contributed by atoms with Crippen molar-refractivity contribution in [2.75, 3.05) is 19.5 Å². The summed E-state index contributed by atoms with van der Waals surface area (Å²) >= 11 is 1.48. The number of ether oxygens (including phenoxy) is 1. The number of ketones is 1. The number of aromatic amines is 1. The predicted octanol–water partition coefficient (Wildman–Crippen LogP) is 4.70. The number of imidazole rings is 1. The molecule has 0 saturated carbocycles. The fourth-order valence-electron chi connectivity index (χ4n) is 3.51. The third-order valence-corrected chi connectivity index (χ3v) is 5.93. The molecule has 2 heterocycles. The second-order valence-corrected chi connectivity index (χ2v) is 7.58. The van der Waals surface area contributed by atoms with Crippen LogP contribution < -0.4 is 0 Å². The minimum absolute atomic E-state index is 0.106. The number of nitrogens with zero attached hydrogens (tertiary/aromatic N) is 2. The molecular weight excluding hydrogens is 370 g/mol. The van der Waals surface area contributed by atoms with Crippen LogP contribution in [0.2, 0.25) is 0 Å². The molecule has 0 aliphatic rings. The zero-order valence-corrected chi connectivity index (χ0v) is 16.9. The number of hydrogen-bond acceptors (Lipinski definition) is 4. The molecule has 0 saturated heterocycles. The molecule has 2 aromatic heterocycles. The number of rotatable bonds is 8. The molecule has 0 unspecified atom stereocenters. The van der Waals surface area contributed by atoms with Crippen molar-refractivity contribution in [2.45, 2.75) is 25.0 Å². The van der Waals surface area contributed by atoms with Gasteiger partial charge in [0.25, 0.3) is 0 Å². The number of nitrogens with one attached hydrogen (secondary N) is 1. The van der Waals surface area contributed by atoms with Crippen LogP contribution in [0, 0.1) is 0 Å². The van der Waals surface area contributed by atoms with Gasteiger partial charge >= 0.3 is 0 Å². The van der Waals surface area contributed by atoms with E-state index in [1.807, 2.05) is 36.5 Å². The summed E-state index contributed by atoms with van der Waals surface area (Å²) in [4.78, 5) is 20.9. The van der Waals surface area contributed by atoms with Gasteiger partial charge in [-0.15, -0.1) is 0 Å². The van der Waals surface area contributed by atoms with E-state index in [0.29, 0.717) is 18.9 Å². The van der Waals surface area contributed by atoms with Crippen LogP contribution >= 0.6 is 11.8 Å². The van der Waals surface area contributed by atoms with Gasteiger partial charge in [-0.1, -0.05) is 49.0 Å². The van der Waals surface area contributed by atoms with E-state index in [1.54, 1.807) is 7.11 Å². The number of fused-ring (bicyclic) bond motifs is 2. The maximum Gasteiger partial charge on any atom is 0.175 e. The highest BCUT2D eigenvalue weighted by atomic mass is 32.2. The Kier molecular flexibility index (Phi) is 5.50. The van der Waals surface area contributed by atoms with Crippen LogP contribution in [-0.4, -0.2) is 39.8 Å². The first kappa shape index (κ1) is 18.8. The number of benzene rings is 2. The third kappa shape index (κ3) is 3.45. The fraction of sp³-hybridized carbons (Fsp3) is 0.273. The Labute approximate surface area is 168 Å². The number of aryl methyl sites for hydroxylation is 1. The standard InChI is InChI=1S/C22H23N3O2S/c1-3-15-7-6-8-16-17(13-23-21(15)16)20(26)14-28-22-24-18-9-4-5-10-19(18)25(22)11-12-27-2/h4-10,13,23H,3,11-12,14H2,1-2H3. The molecule has 6 heteroatoms. The molecule has 28 heavy (non-hydrogen) atoms. The Hall–Kier alpha value is -2.57. The van der Waals surface area contributed by atoms with E-state index in [2.05, 4.69) is 28.6 Å². The van der Waals surface area contributed by atoms with Crippen molar-refractivity contribution in [2.24, 2.45) is 0 Å². The molecule has 144 valence electrons. The summed E-state index contributed by atoms with van der Waals surface area (Å²) in [5.41, 5.74) is 5.04. The van der Waals surface area contributed by atoms with Crippen molar-refractivity contribution < 1.29 is 9.53 Å². The number of H-pyrrole nitrogens is 1. The van der Waals surface area contributed by atoms with E-state index >= 15 is 0 Å². The summed E-state index contributed by atoms with van der Waals surface area (Å²) in [5, 5.41) is 1.85. The lowest BCUT2D eigenvalue weighted by atomic mass is 10.1. The van der Waals surface area contributed by atoms with Crippen LogP contribution in [0.25, 0.3) is 21.9 Å². The zero-order valence-electron chi connectivity index (χ0n) is 16.1. The minimum atomic E-state index is 0.106. The highest BCUT2D eigenvalue weighted by Crippen LogP contribution is 2.27. The first-order valence-corrected chi connectivity index (χ1v) is 10.4. The molecule has 0 spiro atoms. The van der Waals surface area contributed by atoms with E-state index in [9.17, 15) is 4.79 Å². The average Bonchev–Trinajstić information content (AvgIpc) is 3.31. The molecule has 0 aliphatic carbocycles. The van der Waals surface area contributed by atoms with Gasteiger partial charge in [0.1, 0.15) is 0 Å². The quantitative estimate of drug-likeness (QED) is 0.348. The van der Waals surface area contributed by atoms with Crippen molar-refractivity contribution in [3.05, 3.63) is 59.8 Å². The van der Waals surface area contributed by atoms with Crippen LogP contribution in [0.4, 0.5) is 0 Å². The van der Waals surface area contributed by atoms with E-state index in [1.165, 1.54) is 17.3 Å². The van der Waals surface area contributed by atoms with Gasteiger partial charge in [0, 0.05) is 36.3 Å². The van der Waals surface area contributed by atoms with Crippen LogP contribution in [0.5, 0.6) is 0 Å². The second kappa shape index (κ2) is 8.20. The van der Waals surface area contributed by atoms with Gasteiger partial charge in [-0.3, -0.25) is 4.79 Å². The number of carbonyl (C=O) groups excluding carboxylic acids is 1. The maximum atomic E-state index is 12.9. The number of methoxy groups -OCH3 is 1. The van der Waals surface area contributed by atoms with E-state index in [-0.39, 0.29) is 5.78 Å². The topological polar surface area (TPSA) is 59.9 Å². The Balaban J connectivity index is 1.59. The van der Waals surface area contributed by atoms with Gasteiger partial charge in [-0.25, -0.2) is 4.98 Å². The van der Waals surface area contributed by atoms with Gasteiger partial charge in [0.05, 0.1) is 23.4 Å². The largest absolute Gasteiger partial charge is 0.383 e. The lowest BCUT2D eigenvalue weighted by Crippen LogP contribution is -2.07. The molecular formula is C22H23N3O2S. The molecule has 0 bridgehead atoms. The van der Waals surface area contributed by atoms with Crippen molar-refractivity contribution in [1.82, 2.24) is 14.5 Å². The Morgan fingerprint density at radius 2 is 2.07 bits per heavy atom. The lowest BCUT2D eigenvalue weighted by Gasteiger charge is -2.08. The summed E-state index contributed by atoms with van der Waals surface area (Å²) in [7, 11) is 1.69. The maximum absolute atomic E-state index is 12.9. The Bertz CT molecular complexity index is 1130. The van der Waals surface area contributed by atoms with E-state index < -0.39 is 0 Å². The van der Waals surface area contributed by atoms with E-state index in [4.69, 9.17) is 9.72 Å². The van der Waals surface area contributed by atoms with Gasteiger partial charge in [0.2, 0.25) is 0 Å². The van der Waals surface area contributed by atoms with Crippen molar-refractivity contribution >= 4 is 39.5 Å². The van der Waals surface area contributed by atoms with Crippen LogP contribution in [0.1, 0.15) is 22.8 Å². The molecule has 0 amide bonds. The van der Waals surface area contributed by atoms with Gasteiger partial charge in [-0.05, 0) is 24.1 Å². The van der Waals surface area contributed by atoms with Gasteiger partial charge in [0.15, 0.2) is 10.9 Å². The molecule has 0 atom stereocenters. The average molecular weight is 394 g/mol. The molecule has 1 N–H and O–H groups in total. The minimum Gasteiger partial charge on any atom is -0.383 e. The molecule has 5 nitrogen and oxygen atoms in total. The number of carbonyl (C=O) groups is 1. The van der Waals surface area contributed by atoms with Gasteiger partial charge in [-0.2, -0.15) is 0 Å². The molecule has 0 radical (unpaired) electrons. The summed E-state index contributed by atoms with van der Waals surface area (Å²) in [5.74, 6) is 0.453. The molecule has 4 rings (SSSR count). The molecule has 2 aromatic carbocycles. The highest BCUT2D eigenvalue weighted by Gasteiger charge is 2.17. The Morgan fingerprint density at radius 1 is 1.21 bits per heavy atom. The fourth-order valence-corrected chi connectivity index (χ4v) is 4.44. The predicted molar refractivity (Wildman–Crippen MR) is 114 cm³/mol.